The molecule has 0 unspecified atom stereocenters. The van der Waals surface area contributed by atoms with Crippen molar-refractivity contribution in [2.24, 2.45) is 0 Å². The van der Waals surface area contributed by atoms with E-state index in [1.54, 1.807) is 32.8 Å². The summed E-state index contributed by atoms with van der Waals surface area (Å²) in [7, 11) is 0. The zero-order valence-electron chi connectivity index (χ0n) is 22.6. The van der Waals surface area contributed by atoms with E-state index in [1.165, 1.54) is 0 Å². The highest BCUT2D eigenvalue weighted by atomic mass is 16.5. The Morgan fingerprint density at radius 2 is 1.55 bits per heavy atom. The van der Waals surface area contributed by atoms with Gasteiger partial charge in [0.2, 0.25) is 0 Å². The normalized spacial score (nSPS) is 14.5. The summed E-state index contributed by atoms with van der Waals surface area (Å²) in [6.45, 7) is 4.01. The zero-order chi connectivity index (χ0) is 29.3. The van der Waals surface area contributed by atoms with Crippen molar-refractivity contribution in [1.29, 1.82) is 16.2 Å². The van der Waals surface area contributed by atoms with Gasteiger partial charge in [0.15, 0.2) is 0 Å². The van der Waals surface area contributed by atoms with Crippen molar-refractivity contribution in [3.05, 3.63) is 70.3 Å². The highest BCUT2D eigenvalue weighted by molar-refractivity contribution is 6.10. The maximum atomic E-state index is 13.7. The number of carbonyl (C=O) groups excluding carboxylic acids is 1. The van der Waals surface area contributed by atoms with Crippen LogP contribution in [0.1, 0.15) is 10.4 Å². The molecule has 1 saturated heterocycles. The molecule has 1 amide bonds. The van der Waals surface area contributed by atoms with Crippen LogP contribution in [0.15, 0.2) is 48.7 Å². The minimum atomic E-state index is -0.227. The van der Waals surface area contributed by atoms with E-state index in [1.807, 2.05) is 30.3 Å². The summed E-state index contributed by atoms with van der Waals surface area (Å²) < 4.78 is 7.19. The summed E-state index contributed by atoms with van der Waals surface area (Å²) in [5, 5.41) is 30.3. The van der Waals surface area contributed by atoms with Gasteiger partial charge in [-0.15, -0.1) is 0 Å². The molecule has 9 N–H and O–H groups in total. The Bertz CT molecular complexity index is 1970. The van der Waals surface area contributed by atoms with Gasteiger partial charge < -0.3 is 31.7 Å². The van der Waals surface area contributed by atoms with Crippen molar-refractivity contribution in [3.63, 3.8) is 0 Å². The molecule has 0 spiro atoms. The number of nitrogens with one attached hydrogen (secondary N) is 3. The molecule has 0 aliphatic carbocycles. The minimum Gasteiger partial charge on any atom is -0.395 e. The van der Waals surface area contributed by atoms with Gasteiger partial charge in [-0.05, 0) is 36.4 Å². The lowest BCUT2D eigenvalue weighted by molar-refractivity contribution is 0.0391. The van der Waals surface area contributed by atoms with Crippen LogP contribution in [0.2, 0.25) is 0 Å². The van der Waals surface area contributed by atoms with Crippen LogP contribution in [-0.4, -0.2) is 60.0 Å². The molecule has 13 nitrogen and oxygen atoms in total. The fourth-order valence-corrected chi connectivity index (χ4v) is 5.36. The number of hydrogen-bond donors (Lipinski definition) is 6. The third kappa shape index (κ3) is 4.14. The van der Waals surface area contributed by atoms with Gasteiger partial charge in [-0.1, -0.05) is 6.07 Å². The van der Waals surface area contributed by atoms with E-state index < -0.39 is 0 Å². The van der Waals surface area contributed by atoms with Gasteiger partial charge in [-0.2, -0.15) is 5.10 Å². The average molecular weight is 564 g/mol. The van der Waals surface area contributed by atoms with E-state index in [-0.39, 0.29) is 22.0 Å². The molecule has 6 aromatic rings. The molecule has 42 heavy (non-hydrogen) atoms. The Balaban J connectivity index is 1.17. The first kappa shape index (κ1) is 25.7. The molecule has 1 aliphatic rings. The van der Waals surface area contributed by atoms with Gasteiger partial charge in [0.05, 0.1) is 64.7 Å². The molecule has 0 bridgehead atoms. The molecule has 1 aromatic heterocycles. The quantitative estimate of drug-likeness (QED) is 0.151. The molecule has 0 radical (unpaired) electrons. The fraction of sp³-hybridized carbons (Fsp3) is 0.207. The summed E-state index contributed by atoms with van der Waals surface area (Å²) in [5.41, 5.74) is 23.3. The number of nitrogen functional groups attached to an aromatic ring is 3. The fourth-order valence-electron chi connectivity index (χ4n) is 5.36. The third-order valence-corrected chi connectivity index (χ3v) is 7.95. The van der Waals surface area contributed by atoms with Gasteiger partial charge in [0, 0.05) is 42.8 Å². The Hall–Kier alpha value is -5.27. The summed E-state index contributed by atoms with van der Waals surface area (Å²) in [6.07, 6.45) is 1.73. The van der Waals surface area contributed by atoms with Crippen molar-refractivity contribution in [2.45, 2.75) is 0 Å². The SMILES string of the molecule is N=c1c(N)c1N(CCN1CCOCC1)C(=O)c1cccc(-n2ncc3cc(N(c4c(N)c4=N)c4c(N)c4=N)ccc32)c1. The van der Waals surface area contributed by atoms with E-state index in [0.29, 0.717) is 71.7 Å². The van der Waals surface area contributed by atoms with E-state index >= 15 is 0 Å². The molecule has 2 heterocycles. The highest BCUT2D eigenvalue weighted by Gasteiger charge is 2.33. The third-order valence-electron chi connectivity index (χ3n) is 7.95. The van der Waals surface area contributed by atoms with E-state index in [9.17, 15) is 4.79 Å². The highest BCUT2D eigenvalue weighted by Crippen LogP contribution is 2.43. The maximum absolute atomic E-state index is 13.7. The number of amides is 1. The van der Waals surface area contributed by atoms with Gasteiger partial charge in [-0.3, -0.25) is 25.9 Å². The van der Waals surface area contributed by atoms with Crippen LogP contribution in [-0.2, 0) is 4.74 Å². The van der Waals surface area contributed by atoms with Crippen LogP contribution in [0.3, 0.4) is 0 Å². The van der Waals surface area contributed by atoms with Crippen molar-refractivity contribution in [1.82, 2.24) is 14.7 Å². The summed E-state index contributed by atoms with van der Waals surface area (Å²) >= 11 is 0. The smallest absolute Gasteiger partial charge is 0.258 e. The van der Waals surface area contributed by atoms with Crippen molar-refractivity contribution >= 4 is 56.6 Å². The second-order valence-corrected chi connectivity index (χ2v) is 10.5. The number of nitrogens with two attached hydrogens (primary N) is 3. The molecule has 0 atom stereocenters. The predicted octanol–water partition coefficient (Wildman–Crippen LogP) is 1.29. The number of aromatic nitrogens is 2. The van der Waals surface area contributed by atoms with Gasteiger partial charge in [-0.25, -0.2) is 4.68 Å². The van der Waals surface area contributed by atoms with E-state index in [0.717, 1.165) is 29.7 Å². The van der Waals surface area contributed by atoms with Crippen LogP contribution in [0, 0.1) is 16.2 Å². The molecular weight excluding hydrogens is 534 g/mol. The Morgan fingerprint density at radius 3 is 2.17 bits per heavy atom. The molecule has 5 aromatic carbocycles. The number of benzene rings is 2. The first-order valence-electron chi connectivity index (χ1n) is 13.5. The molecule has 0 saturated carbocycles. The van der Waals surface area contributed by atoms with Crippen molar-refractivity contribution in [3.8, 4) is 5.69 Å². The summed E-state index contributed by atoms with van der Waals surface area (Å²) in [6, 6.07) is 12.9. The second-order valence-electron chi connectivity index (χ2n) is 10.5. The molecule has 212 valence electrons. The number of fused-ring (bicyclic) bond motifs is 1. The van der Waals surface area contributed by atoms with Crippen LogP contribution in [0.4, 0.5) is 39.8 Å². The molecule has 13 heteroatoms. The zero-order valence-corrected chi connectivity index (χ0v) is 22.6. The number of rotatable bonds is 9. The Labute approximate surface area is 239 Å². The lowest BCUT2D eigenvalue weighted by Crippen LogP contribution is -2.43. The number of ether oxygens (including phenoxy) is 1. The van der Waals surface area contributed by atoms with E-state index in [4.69, 9.17) is 38.2 Å². The summed E-state index contributed by atoms with van der Waals surface area (Å²) in [4.78, 5) is 19.3. The summed E-state index contributed by atoms with van der Waals surface area (Å²) in [5.74, 6) is -0.227. The van der Waals surface area contributed by atoms with E-state index in [2.05, 4.69) is 10.00 Å². The molecule has 1 fully saturated rings. The maximum Gasteiger partial charge on any atom is 0.258 e. The molecule has 1 aliphatic heterocycles. The first-order chi connectivity index (χ1) is 20.3. The van der Waals surface area contributed by atoms with Crippen LogP contribution < -0.4 is 43.1 Å². The first-order valence-corrected chi connectivity index (χ1v) is 13.5. The number of hydrogen-bond acceptors (Lipinski definition) is 11. The minimum absolute atomic E-state index is 0.210. The van der Waals surface area contributed by atoms with Gasteiger partial charge in [0.1, 0.15) is 16.1 Å². The average Bonchev–Trinajstić information content (AvgIpc) is 3.87. The number of morpholine rings is 1. The number of carbonyl (C=O) groups is 1. The lowest BCUT2D eigenvalue weighted by atomic mass is 10.1. The predicted molar refractivity (Wildman–Crippen MR) is 159 cm³/mol. The van der Waals surface area contributed by atoms with Gasteiger partial charge in [0.25, 0.3) is 5.91 Å². The van der Waals surface area contributed by atoms with Crippen LogP contribution in [0.25, 0.3) is 16.6 Å². The number of anilines is 7. The monoisotopic (exact) mass is 563 g/mol. The Morgan fingerprint density at radius 1 is 0.905 bits per heavy atom. The standard InChI is InChI=1S/C29H29N11O2/c30-20-21(31)26(20)38(7-6-37-8-10-42-11-9-37)29(41)15-2-1-3-18(12-15)40-19-5-4-17(13-16(19)14-36-40)39(27-22(32)23(27)33)28-24(34)25(28)35/h1-5,12-14,30,32,34H,6-11,31,33,35H2. The second kappa shape index (κ2) is 9.39. The largest absolute Gasteiger partial charge is 0.395 e. The van der Waals surface area contributed by atoms with Crippen molar-refractivity contribution < 1.29 is 9.53 Å². The lowest BCUT2D eigenvalue weighted by Gasteiger charge is -2.29. The molecular formula is C29H29N11O2. The number of nitrogens with zero attached hydrogens (tertiary/aromatic N) is 5. The van der Waals surface area contributed by atoms with Crippen molar-refractivity contribution in [2.75, 3.05) is 66.4 Å². The van der Waals surface area contributed by atoms with Gasteiger partial charge >= 0.3 is 0 Å². The van der Waals surface area contributed by atoms with Crippen LogP contribution in [0.5, 0.6) is 0 Å². The molecule has 7 rings (SSSR count). The topological polar surface area (TPSA) is 203 Å². The Kier molecular flexibility index (Phi) is 5.74. The van der Waals surface area contributed by atoms with Crippen LogP contribution >= 0.6 is 0 Å².